The molecule has 4 N–H and O–H groups in total. The minimum atomic E-state index is -1.12. The second kappa shape index (κ2) is 12.7. The molecule has 10 heteroatoms. The third-order valence-corrected chi connectivity index (χ3v) is 7.67. The number of hydrogen-bond acceptors (Lipinski definition) is 7. The summed E-state index contributed by atoms with van der Waals surface area (Å²) in [6.45, 7) is 6.11. The molecular formula is C32H30N6O3S. The van der Waals surface area contributed by atoms with Gasteiger partial charge in [-0.25, -0.2) is 19.7 Å². The van der Waals surface area contributed by atoms with Crippen LogP contribution in [0.5, 0.6) is 0 Å². The van der Waals surface area contributed by atoms with E-state index in [4.69, 9.17) is 10.1 Å². The van der Waals surface area contributed by atoms with Crippen LogP contribution in [0.2, 0.25) is 0 Å². The monoisotopic (exact) mass is 578 g/mol. The molecule has 0 bridgehead atoms. The van der Waals surface area contributed by atoms with Crippen molar-refractivity contribution >= 4 is 52.0 Å². The Morgan fingerprint density at radius 3 is 2.36 bits per heavy atom. The van der Waals surface area contributed by atoms with E-state index in [1.807, 2.05) is 67.6 Å². The lowest BCUT2D eigenvalue weighted by molar-refractivity contribution is 0.0939. The molecule has 2 heterocycles. The van der Waals surface area contributed by atoms with Crippen LogP contribution >= 0.6 is 11.8 Å². The maximum absolute atomic E-state index is 13.3. The standard InChI is InChI=1S/C32H30N6O3S/c1-19(2)26-15-14-25-29(37-26)33-18-34-30(25)38-27-17-22(31(39)35-20(3)21-7-5-4-6-8-21)9-16-28(27)42-24-12-10-23(11-13-24)36-32(40)41/h4-20,36H,1-3H3,(H,35,39)(H,40,41)(H,33,34,37,38). The van der Waals surface area contributed by atoms with Gasteiger partial charge in [-0.3, -0.25) is 10.1 Å². The van der Waals surface area contributed by atoms with Gasteiger partial charge in [0.15, 0.2) is 5.65 Å². The molecule has 2 amide bonds. The van der Waals surface area contributed by atoms with Crippen LogP contribution in [0.3, 0.4) is 0 Å². The number of nitrogens with one attached hydrogen (secondary N) is 3. The van der Waals surface area contributed by atoms with E-state index in [0.717, 1.165) is 26.4 Å². The Balaban J connectivity index is 1.48. The molecule has 0 aliphatic heterocycles. The fraction of sp³-hybridized carbons (Fsp3) is 0.156. The number of rotatable bonds is 9. The first-order valence-corrected chi connectivity index (χ1v) is 14.2. The van der Waals surface area contributed by atoms with Gasteiger partial charge in [0, 0.05) is 26.7 Å². The van der Waals surface area contributed by atoms with Gasteiger partial charge in [0.2, 0.25) is 0 Å². The van der Waals surface area contributed by atoms with Gasteiger partial charge in [-0.1, -0.05) is 55.9 Å². The molecule has 0 fully saturated rings. The zero-order valence-corrected chi connectivity index (χ0v) is 24.1. The van der Waals surface area contributed by atoms with Crippen molar-refractivity contribution in [1.29, 1.82) is 0 Å². The van der Waals surface area contributed by atoms with Gasteiger partial charge < -0.3 is 15.7 Å². The van der Waals surface area contributed by atoms with Gasteiger partial charge in [0.05, 0.1) is 17.1 Å². The Bertz CT molecular complexity index is 1730. The highest BCUT2D eigenvalue weighted by molar-refractivity contribution is 7.99. The number of carbonyl (C=O) groups excluding carboxylic acids is 1. The maximum Gasteiger partial charge on any atom is 0.409 e. The first-order chi connectivity index (χ1) is 20.3. The van der Waals surface area contributed by atoms with Crippen molar-refractivity contribution in [3.8, 4) is 0 Å². The highest BCUT2D eigenvalue weighted by atomic mass is 32.2. The number of carbonyl (C=O) groups is 2. The first-order valence-electron chi connectivity index (χ1n) is 13.4. The van der Waals surface area contributed by atoms with Crippen LogP contribution in [-0.2, 0) is 0 Å². The number of pyridine rings is 1. The van der Waals surface area contributed by atoms with Gasteiger partial charge in [-0.05, 0) is 73.0 Å². The molecule has 1 unspecified atom stereocenters. The summed E-state index contributed by atoms with van der Waals surface area (Å²) in [7, 11) is 0. The van der Waals surface area contributed by atoms with Crippen molar-refractivity contribution in [2.75, 3.05) is 10.6 Å². The van der Waals surface area contributed by atoms with E-state index >= 15 is 0 Å². The molecule has 42 heavy (non-hydrogen) atoms. The maximum atomic E-state index is 13.3. The lowest BCUT2D eigenvalue weighted by atomic mass is 10.1. The molecule has 0 saturated heterocycles. The van der Waals surface area contributed by atoms with Crippen molar-refractivity contribution < 1.29 is 14.7 Å². The molecule has 5 rings (SSSR count). The van der Waals surface area contributed by atoms with Crippen LogP contribution in [0.4, 0.5) is 22.0 Å². The number of anilines is 3. The van der Waals surface area contributed by atoms with Crippen LogP contribution in [-0.4, -0.2) is 32.1 Å². The number of nitrogens with zero attached hydrogens (tertiary/aromatic N) is 3. The number of amides is 2. The summed E-state index contributed by atoms with van der Waals surface area (Å²) >= 11 is 1.48. The quantitative estimate of drug-likeness (QED) is 0.141. The fourth-order valence-corrected chi connectivity index (χ4v) is 5.21. The molecule has 1 atom stereocenters. The van der Waals surface area contributed by atoms with Gasteiger partial charge in [-0.2, -0.15) is 0 Å². The summed E-state index contributed by atoms with van der Waals surface area (Å²) < 4.78 is 0. The minimum Gasteiger partial charge on any atom is -0.465 e. The largest absolute Gasteiger partial charge is 0.465 e. The summed E-state index contributed by atoms with van der Waals surface area (Å²) in [5.41, 5.74) is 4.18. The number of hydrogen-bond donors (Lipinski definition) is 4. The molecular weight excluding hydrogens is 548 g/mol. The summed E-state index contributed by atoms with van der Waals surface area (Å²) in [4.78, 5) is 39.6. The van der Waals surface area contributed by atoms with Crippen LogP contribution in [0.15, 0.2) is 101 Å². The highest BCUT2D eigenvalue weighted by Gasteiger charge is 2.16. The topological polar surface area (TPSA) is 129 Å². The van der Waals surface area contributed by atoms with Crippen molar-refractivity contribution in [2.24, 2.45) is 0 Å². The smallest absolute Gasteiger partial charge is 0.409 e. The third-order valence-electron chi connectivity index (χ3n) is 6.59. The average Bonchev–Trinajstić information content (AvgIpc) is 2.99. The van der Waals surface area contributed by atoms with Gasteiger partial charge in [0.1, 0.15) is 12.1 Å². The predicted octanol–water partition coefficient (Wildman–Crippen LogP) is 7.62. The third kappa shape index (κ3) is 6.84. The zero-order valence-electron chi connectivity index (χ0n) is 23.3. The first kappa shape index (κ1) is 28.6. The van der Waals surface area contributed by atoms with E-state index in [0.29, 0.717) is 28.4 Å². The van der Waals surface area contributed by atoms with Gasteiger partial charge in [0.25, 0.3) is 5.91 Å². The molecule has 5 aromatic rings. The van der Waals surface area contributed by atoms with E-state index in [2.05, 4.69) is 39.8 Å². The van der Waals surface area contributed by atoms with Crippen molar-refractivity contribution in [2.45, 2.75) is 42.5 Å². The van der Waals surface area contributed by atoms with Gasteiger partial charge in [-0.15, -0.1) is 0 Å². The molecule has 0 aliphatic rings. The zero-order chi connectivity index (χ0) is 29.6. The molecule has 2 aromatic heterocycles. The lowest BCUT2D eigenvalue weighted by Crippen LogP contribution is -2.26. The molecule has 0 radical (unpaired) electrons. The average molecular weight is 579 g/mol. The van der Waals surface area contributed by atoms with Crippen molar-refractivity contribution in [3.63, 3.8) is 0 Å². The van der Waals surface area contributed by atoms with Crippen LogP contribution in [0.1, 0.15) is 54.3 Å². The van der Waals surface area contributed by atoms with Crippen molar-refractivity contribution in [3.05, 3.63) is 108 Å². The van der Waals surface area contributed by atoms with Crippen LogP contribution in [0.25, 0.3) is 11.0 Å². The second-order valence-corrected chi connectivity index (χ2v) is 11.1. The van der Waals surface area contributed by atoms with Crippen molar-refractivity contribution in [1.82, 2.24) is 20.3 Å². The van der Waals surface area contributed by atoms with Crippen LogP contribution < -0.4 is 16.0 Å². The van der Waals surface area contributed by atoms with E-state index in [1.54, 1.807) is 24.3 Å². The summed E-state index contributed by atoms with van der Waals surface area (Å²) in [5.74, 6) is 0.626. The highest BCUT2D eigenvalue weighted by Crippen LogP contribution is 2.37. The summed E-state index contributed by atoms with van der Waals surface area (Å²) in [6, 6.07) is 26.1. The molecule has 0 saturated carbocycles. The second-order valence-electron chi connectivity index (χ2n) is 9.98. The number of carboxylic acid groups (broad SMARTS) is 1. The Hall–Kier alpha value is -4.96. The summed E-state index contributed by atoms with van der Waals surface area (Å²) in [6.07, 6.45) is 0.352. The SMILES string of the molecule is CC(C)c1ccc2c(Nc3cc(C(=O)NC(C)c4ccccc4)ccc3Sc3ccc(NC(=O)O)cc3)ncnc2n1. The minimum absolute atomic E-state index is 0.172. The van der Waals surface area contributed by atoms with E-state index < -0.39 is 6.09 Å². The van der Waals surface area contributed by atoms with Crippen LogP contribution in [0, 0.1) is 0 Å². The Morgan fingerprint density at radius 1 is 0.881 bits per heavy atom. The molecule has 3 aromatic carbocycles. The molecule has 212 valence electrons. The van der Waals surface area contributed by atoms with E-state index in [1.165, 1.54) is 18.1 Å². The number of aromatic nitrogens is 3. The Kier molecular flexibility index (Phi) is 8.63. The lowest BCUT2D eigenvalue weighted by Gasteiger charge is -2.17. The summed E-state index contributed by atoms with van der Waals surface area (Å²) in [5, 5.41) is 18.6. The Labute approximate surface area is 247 Å². The van der Waals surface area contributed by atoms with E-state index in [9.17, 15) is 9.59 Å². The van der Waals surface area contributed by atoms with Gasteiger partial charge >= 0.3 is 6.09 Å². The number of fused-ring (bicyclic) bond motifs is 1. The molecule has 0 spiro atoms. The molecule has 0 aliphatic carbocycles. The Morgan fingerprint density at radius 2 is 1.64 bits per heavy atom. The molecule has 9 nitrogen and oxygen atoms in total. The fourth-order valence-electron chi connectivity index (χ4n) is 4.33. The van der Waals surface area contributed by atoms with E-state index in [-0.39, 0.29) is 17.9 Å². The number of benzene rings is 3. The normalized spacial score (nSPS) is 11.7. The predicted molar refractivity (Wildman–Crippen MR) is 166 cm³/mol.